The monoisotopic (exact) mass is 513 g/mol. The Hall–Kier alpha value is -0.700. The minimum absolute atomic E-state index is 0.639. The van der Waals surface area contributed by atoms with Crippen LogP contribution in [0.5, 0.6) is 0 Å². The molecule has 0 unspecified atom stereocenters. The van der Waals surface area contributed by atoms with Crippen molar-refractivity contribution in [1.82, 2.24) is 14.9 Å². The van der Waals surface area contributed by atoms with Crippen LogP contribution in [0.4, 0.5) is 0 Å². The molecular formula is C21H28IN3S2. The summed E-state index contributed by atoms with van der Waals surface area (Å²) < 4.78 is 4.22. The summed E-state index contributed by atoms with van der Waals surface area (Å²) in [5, 5.41) is 1.17. The standard InChI is InChI=1S/C13H17IN2S2.C8H11N/c1-10-15-12-4-3-11(7-13(12)18-10)8-16-6-5-14(9-16)17-2;1-6-4-7(2)9-8(3)5-6/h3-4,7H,5-6,8-9H2,1-2H3;4-5H,1-3H3. The first-order valence-corrected chi connectivity index (χ1v) is 16.7. The van der Waals surface area contributed by atoms with Gasteiger partial charge in [0.2, 0.25) is 0 Å². The van der Waals surface area contributed by atoms with Crippen molar-refractivity contribution in [3.63, 3.8) is 0 Å². The van der Waals surface area contributed by atoms with E-state index in [1.54, 1.807) is 11.3 Å². The number of thiazole rings is 1. The zero-order valence-electron chi connectivity index (χ0n) is 16.8. The van der Waals surface area contributed by atoms with Crippen LogP contribution in [0.3, 0.4) is 0 Å². The molecule has 146 valence electrons. The van der Waals surface area contributed by atoms with E-state index in [1.807, 2.05) is 13.8 Å². The van der Waals surface area contributed by atoms with Crippen LogP contribution < -0.4 is 0 Å². The molecule has 0 saturated carbocycles. The fourth-order valence-electron chi connectivity index (χ4n) is 3.25. The summed E-state index contributed by atoms with van der Waals surface area (Å²) in [5.41, 5.74) is 6.10. The van der Waals surface area contributed by atoms with Gasteiger partial charge in [-0.2, -0.15) is 0 Å². The van der Waals surface area contributed by atoms with Crippen LogP contribution in [-0.2, 0) is 6.54 Å². The van der Waals surface area contributed by atoms with E-state index in [2.05, 4.69) is 74.2 Å². The van der Waals surface area contributed by atoms with Crippen molar-refractivity contribution >= 4 is 48.9 Å². The van der Waals surface area contributed by atoms with Crippen LogP contribution >= 0.6 is 38.7 Å². The molecule has 1 aromatic carbocycles. The van der Waals surface area contributed by atoms with E-state index >= 15 is 0 Å². The van der Waals surface area contributed by atoms with Crippen molar-refractivity contribution in [3.05, 3.63) is 57.9 Å². The number of hydrogen-bond acceptors (Lipinski definition) is 5. The third kappa shape index (κ3) is 6.14. The summed E-state index contributed by atoms with van der Waals surface area (Å²) in [5.74, 6) is 0. The van der Waals surface area contributed by atoms with Crippen LogP contribution in [-0.4, -0.2) is 36.6 Å². The number of alkyl halides is 2. The average molecular weight is 514 g/mol. The van der Waals surface area contributed by atoms with E-state index in [9.17, 15) is 0 Å². The second-order valence-corrected chi connectivity index (χ2v) is 18.1. The number of aromatic nitrogens is 2. The summed E-state index contributed by atoms with van der Waals surface area (Å²) in [7, 11) is 2.16. The maximum Gasteiger partial charge on any atom is 0.0378 e. The Morgan fingerprint density at radius 1 is 1.07 bits per heavy atom. The van der Waals surface area contributed by atoms with E-state index in [0.717, 1.165) is 23.4 Å². The van der Waals surface area contributed by atoms with E-state index in [1.165, 1.54) is 36.4 Å². The van der Waals surface area contributed by atoms with Crippen molar-refractivity contribution in [2.24, 2.45) is 0 Å². The number of nitrogens with zero attached hydrogens (tertiary/aromatic N) is 3. The molecule has 2 aromatic heterocycles. The molecule has 3 aromatic rings. The second kappa shape index (κ2) is 9.67. The molecule has 1 fully saturated rings. The quantitative estimate of drug-likeness (QED) is 0.238. The van der Waals surface area contributed by atoms with E-state index in [-0.39, 0.29) is 0 Å². The summed E-state index contributed by atoms with van der Waals surface area (Å²) in [4.78, 5) is 11.4. The maximum absolute atomic E-state index is 4.52. The van der Waals surface area contributed by atoms with Crippen molar-refractivity contribution < 1.29 is 0 Å². The molecule has 0 aliphatic carbocycles. The van der Waals surface area contributed by atoms with Gasteiger partial charge in [0.25, 0.3) is 0 Å². The Kier molecular flexibility index (Phi) is 7.53. The zero-order valence-corrected chi connectivity index (χ0v) is 20.5. The van der Waals surface area contributed by atoms with Gasteiger partial charge >= 0.3 is 123 Å². The van der Waals surface area contributed by atoms with Crippen molar-refractivity contribution in [2.75, 3.05) is 21.8 Å². The van der Waals surface area contributed by atoms with E-state index in [4.69, 9.17) is 0 Å². The number of hydrogen-bond donors (Lipinski definition) is 0. The summed E-state index contributed by atoms with van der Waals surface area (Å²) in [6, 6.07) is 10.9. The summed E-state index contributed by atoms with van der Waals surface area (Å²) >= 11 is 1.17. The Bertz CT molecular complexity index is 859. The Morgan fingerprint density at radius 3 is 2.44 bits per heavy atom. The third-order valence-electron chi connectivity index (χ3n) is 4.32. The number of aryl methyl sites for hydroxylation is 4. The third-order valence-corrected chi connectivity index (χ3v) is 14.5. The number of halogens is 1. The van der Waals surface area contributed by atoms with Gasteiger partial charge in [-0.05, 0) is 38.5 Å². The predicted molar refractivity (Wildman–Crippen MR) is 130 cm³/mol. The first-order valence-electron chi connectivity index (χ1n) is 9.09. The fourth-order valence-corrected chi connectivity index (χ4v) is 11.2. The molecule has 4 rings (SSSR count). The van der Waals surface area contributed by atoms with Gasteiger partial charge in [-0.3, -0.25) is 4.98 Å². The van der Waals surface area contributed by atoms with E-state index < -0.39 is 18.4 Å². The van der Waals surface area contributed by atoms with Gasteiger partial charge in [-0.1, -0.05) is 0 Å². The number of rotatable bonds is 3. The summed E-state index contributed by atoms with van der Waals surface area (Å²) in [6.07, 6.45) is 2.29. The van der Waals surface area contributed by atoms with Crippen LogP contribution in [0.25, 0.3) is 10.2 Å². The first kappa shape index (κ1) is 21.0. The largest absolute Gasteiger partial charge is 0.258 e. The van der Waals surface area contributed by atoms with Crippen molar-refractivity contribution in [1.29, 1.82) is 0 Å². The average Bonchev–Trinajstić information content (AvgIpc) is 3.19. The second-order valence-electron chi connectivity index (χ2n) is 6.88. The van der Waals surface area contributed by atoms with Gasteiger partial charge in [0.05, 0.1) is 0 Å². The van der Waals surface area contributed by atoms with Crippen LogP contribution in [0.15, 0.2) is 30.3 Å². The number of pyridine rings is 1. The fraction of sp³-hybridized carbons (Fsp3) is 0.429. The maximum atomic E-state index is 4.52. The minimum Gasteiger partial charge on any atom is -0.258 e. The number of fused-ring (bicyclic) bond motifs is 1. The van der Waals surface area contributed by atoms with Crippen molar-refractivity contribution in [3.8, 4) is 0 Å². The van der Waals surface area contributed by atoms with Crippen molar-refractivity contribution in [2.45, 2.75) is 34.2 Å². The smallest absolute Gasteiger partial charge is 0.0378 e. The molecule has 0 bridgehead atoms. The number of benzene rings is 1. The Morgan fingerprint density at radius 2 is 1.81 bits per heavy atom. The van der Waals surface area contributed by atoms with E-state index in [0.29, 0.717) is 0 Å². The van der Waals surface area contributed by atoms with Gasteiger partial charge in [0.15, 0.2) is 0 Å². The Labute approximate surface area is 176 Å². The molecule has 0 N–H and O–H groups in total. The molecule has 6 heteroatoms. The molecular weight excluding hydrogens is 485 g/mol. The van der Waals surface area contributed by atoms with Gasteiger partial charge in [0, 0.05) is 11.4 Å². The Balaban J connectivity index is 0.000000197. The van der Waals surface area contributed by atoms with Crippen LogP contribution in [0.2, 0.25) is 0 Å². The molecule has 1 saturated heterocycles. The molecule has 0 amide bonds. The van der Waals surface area contributed by atoms with Crippen LogP contribution in [0, 0.1) is 27.7 Å². The molecule has 3 nitrogen and oxygen atoms in total. The van der Waals surface area contributed by atoms with Gasteiger partial charge in [-0.25, -0.2) is 0 Å². The zero-order chi connectivity index (χ0) is 19.4. The molecule has 0 atom stereocenters. The molecule has 1 aliphatic heterocycles. The molecule has 3 heterocycles. The SMILES string of the molecule is CSI1CCN(Cc2ccc3nc(C)sc3c2)C1.Cc1cc(C)nc(C)c1. The van der Waals surface area contributed by atoms with Crippen LogP contribution in [0.1, 0.15) is 27.5 Å². The van der Waals surface area contributed by atoms with Gasteiger partial charge in [-0.15, -0.1) is 0 Å². The predicted octanol–water partition coefficient (Wildman–Crippen LogP) is 6.17. The van der Waals surface area contributed by atoms with Gasteiger partial charge in [0.1, 0.15) is 0 Å². The molecule has 1 aliphatic rings. The first-order chi connectivity index (χ1) is 12.9. The molecule has 27 heavy (non-hydrogen) atoms. The topological polar surface area (TPSA) is 29.0 Å². The molecule has 0 radical (unpaired) electrons. The summed E-state index contributed by atoms with van der Waals surface area (Å²) in [6.45, 7) is 10.6. The van der Waals surface area contributed by atoms with Gasteiger partial charge < -0.3 is 0 Å². The normalized spacial score (nSPS) is 15.8. The minimum atomic E-state index is -0.639. The molecule has 0 spiro atoms.